The Hall–Kier alpha value is -1.98. The Morgan fingerprint density at radius 2 is 1.85 bits per heavy atom. The second-order valence-corrected chi connectivity index (χ2v) is 9.07. The van der Waals surface area contributed by atoms with Crippen LogP contribution in [-0.2, 0) is 33.3 Å². The summed E-state index contributed by atoms with van der Waals surface area (Å²) in [4.78, 5) is 12.3. The van der Waals surface area contributed by atoms with Crippen LogP contribution in [0.2, 0.25) is 0 Å². The number of fused-ring (bicyclic) bond motifs is 1. The fraction of sp³-hybridized carbons (Fsp3) is 0.350. The summed E-state index contributed by atoms with van der Waals surface area (Å²) in [5, 5.41) is 9.20. The monoisotopic (exact) mass is 388 g/mol. The molecule has 0 saturated carbocycles. The van der Waals surface area contributed by atoms with E-state index in [1.54, 1.807) is 17.1 Å². The lowest BCUT2D eigenvalue weighted by molar-refractivity contribution is -0.133. The first-order chi connectivity index (χ1) is 13.1. The number of hydrogen-bond acceptors (Lipinski definition) is 4. The molecule has 2 aromatic carbocycles. The van der Waals surface area contributed by atoms with E-state index in [1.807, 2.05) is 54.6 Å². The molecular weight excluding hydrogens is 363 g/mol. The second kappa shape index (κ2) is 8.81. The number of carbonyl (C=O) groups excluding carboxylic acids is 1. The third-order valence-corrected chi connectivity index (χ3v) is 7.54. The summed E-state index contributed by atoms with van der Waals surface area (Å²) >= 11 is 0. The molecule has 7 heteroatoms. The van der Waals surface area contributed by atoms with Crippen LogP contribution in [0, 0.1) is 0 Å². The third kappa shape index (κ3) is 4.47. The molecule has 0 spiro atoms. The van der Waals surface area contributed by atoms with Gasteiger partial charge in [-0.3, -0.25) is 14.6 Å². The van der Waals surface area contributed by atoms with Gasteiger partial charge >= 0.3 is 0 Å². The van der Waals surface area contributed by atoms with Crippen LogP contribution in [0.15, 0.2) is 54.6 Å². The zero-order valence-electron chi connectivity index (χ0n) is 15.4. The molecule has 0 saturated heterocycles. The van der Waals surface area contributed by atoms with Gasteiger partial charge in [0.15, 0.2) is 0 Å². The van der Waals surface area contributed by atoms with E-state index in [1.165, 1.54) is 0 Å². The number of aryl methyl sites for hydroxylation is 1. The number of hydroxylamine groups is 1. The van der Waals surface area contributed by atoms with E-state index in [-0.39, 0.29) is 6.61 Å². The highest BCUT2D eigenvalue weighted by Crippen LogP contribution is 2.54. The molecule has 2 atom stereocenters. The molecule has 2 aromatic rings. The number of nitrogens with one attached hydrogen (secondary N) is 1. The summed E-state index contributed by atoms with van der Waals surface area (Å²) in [5.41, 5.74) is 4.84. The Morgan fingerprint density at radius 3 is 2.52 bits per heavy atom. The van der Waals surface area contributed by atoms with Crippen LogP contribution in [0.5, 0.6) is 0 Å². The molecule has 2 N–H and O–H groups in total. The molecule has 0 aromatic heterocycles. The van der Waals surface area contributed by atoms with Gasteiger partial charge in [-0.05, 0) is 36.5 Å². The number of rotatable bonds is 7. The van der Waals surface area contributed by atoms with Gasteiger partial charge < -0.3 is 4.52 Å². The van der Waals surface area contributed by atoms with E-state index < -0.39 is 19.5 Å². The van der Waals surface area contributed by atoms with Gasteiger partial charge in [-0.1, -0.05) is 54.6 Å². The molecule has 1 amide bonds. The minimum Gasteiger partial charge on any atom is -0.318 e. The molecule has 1 heterocycles. The molecular formula is C20H25N2O4P. The predicted molar refractivity (Wildman–Crippen MR) is 104 cm³/mol. The fourth-order valence-corrected chi connectivity index (χ4v) is 5.97. The van der Waals surface area contributed by atoms with E-state index >= 15 is 0 Å². The molecule has 27 heavy (non-hydrogen) atoms. The van der Waals surface area contributed by atoms with Crippen molar-refractivity contribution < 1.29 is 19.1 Å². The number of hydrogen-bond donors (Lipinski definition) is 2. The Morgan fingerprint density at radius 1 is 1.19 bits per heavy atom. The molecule has 0 radical (unpaired) electrons. The minimum absolute atomic E-state index is 0.289. The van der Waals surface area contributed by atoms with Gasteiger partial charge in [0.1, 0.15) is 6.04 Å². The van der Waals surface area contributed by atoms with Crippen molar-refractivity contribution in [2.45, 2.75) is 32.4 Å². The highest BCUT2D eigenvalue weighted by Gasteiger charge is 2.42. The Kier molecular flexibility index (Phi) is 6.45. The van der Waals surface area contributed by atoms with Crippen LogP contribution in [0.25, 0.3) is 0 Å². The maximum Gasteiger partial charge on any atom is 0.273 e. The smallest absolute Gasteiger partial charge is 0.273 e. The zero-order chi connectivity index (χ0) is 19.3. The molecule has 0 aliphatic carbocycles. The van der Waals surface area contributed by atoms with Crippen LogP contribution in [0.3, 0.4) is 0 Å². The SMILES string of the molecule is CCO[P@](=O)(CCc1ccccc1)N1Cc2ccccc2C[C@@H]1C(=O)NO. The summed E-state index contributed by atoms with van der Waals surface area (Å²) < 4.78 is 21.2. The number of nitrogens with zero attached hydrogens (tertiary/aromatic N) is 1. The van der Waals surface area contributed by atoms with Crippen molar-refractivity contribution in [1.82, 2.24) is 10.2 Å². The summed E-state index contributed by atoms with van der Waals surface area (Å²) in [6, 6.07) is 16.8. The van der Waals surface area contributed by atoms with Gasteiger partial charge in [0.05, 0.1) is 6.61 Å². The number of amides is 1. The average Bonchev–Trinajstić information content (AvgIpc) is 2.71. The van der Waals surface area contributed by atoms with Gasteiger partial charge in [-0.2, -0.15) is 0 Å². The van der Waals surface area contributed by atoms with Gasteiger partial charge in [-0.25, -0.2) is 10.2 Å². The molecule has 0 unspecified atom stereocenters. The van der Waals surface area contributed by atoms with Crippen LogP contribution >= 0.6 is 7.52 Å². The molecule has 1 aliphatic heterocycles. The zero-order valence-corrected chi connectivity index (χ0v) is 16.3. The number of carbonyl (C=O) groups is 1. The normalized spacial score (nSPS) is 19.1. The molecule has 3 rings (SSSR count). The highest BCUT2D eigenvalue weighted by atomic mass is 31.2. The standard InChI is InChI=1S/C20H25N2O4P/c1-2-26-27(25,13-12-16-8-4-3-5-9-16)22-15-18-11-7-6-10-17(18)14-19(22)20(23)21-24/h3-11,19,24H,2,12-15H2,1H3,(H,21,23)/t19-,27-/m1/s1. The first-order valence-electron chi connectivity index (χ1n) is 9.12. The van der Waals surface area contributed by atoms with Crippen molar-refractivity contribution >= 4 is 13.4 Å². The Bertz CT molecular complexity index is 828. The van der Waals surface area contributed by atoms with Gasteiger partial charge in [-0.15, -0.1) is 0 Å². The maximum absolute atomic E-state index is 13.8. The second-order valence-electron chi connectivity index (χ2n) is 6.58. The lowest BCUT2D eigenvalue weighted by Gasteiger charge is -2.39. The summed E-state index contributed by atoms with van der Waals surface area (Å²) in [7, 11) is -3.28. The van der Waals surface area contributed by atoms with Gasteiger partial charge in [0.2, 0.25) is 0 Å². The Labute approximate surface area is 159 Å². The largest absolute Gasteiger partial charge is 0.318 e. The topological polar surface area (TPSA) is 78.9 Å². The van der Waals surface area contributed by atoms with Crippen molar-refractivity contribution in [3.05, 3.63) is 71.3 Å². The molecule has 0 bridgehead atoms. The fourth-order valence-electron chi connectivity index (χ4n) is 3.52. The van der Waals surface area contributed by atoms with E-state index in [4.69, 9.17) is 4.52 Å². The first kappa shape index (κ1) is 19.8. The quantitative estimate of drug-likeness (QED) is 0.432. The van der Waals surface area contributed by atoms with Crippen molar-refractivity contribution in [2.75, 3.05) is 12.8 Å². The van der Waals surface area contributed by atoms with Crippen molar-refractivity contribution in [3.63, 3.8) is 0 Å². The third-order valence-electron chi connectivity index (χ3n) is 4.88. The van der Waals surface area contributed by atoms with Crippen LogP contribution in [-0.4, -0.2) is 34.6 Å². The predicted octanol–water partition coefficient (Wildman–Crippen LogP) is 3.39. The van der Waals surface area contributed by atoms with Crippen molar-refractivity contribution in [2.24, 2.45) is 0 Å². The van der Waals surface area contributed by atoms with Crippen LogP contribution in [0.4, 0.5) is 0 Å². The minimum atomic E-state index is -3.28. The molecule has 1 aliphatic rings. The van der Waals surface area contributed by atoms with E-state index in [0.29, 0.717) is 25.5 Å². The molecule has 144 valence electrons. The van der Waals surface area contributed by atoms with Crippen molar-refractivity contribution in [1.29, 1.82) is 0 Å². The van der Waals surface area contributed by atoms with Crippen LogP contribution < -0.4 is 5.48 Å². The van der Waals surface area contributed by atoms with Gasteiger partial charge in [0, 0.05) is 12.7 Å². The number of benzene rings is 2. The first-order valence-corrected chi connectivity index (χ1v) is 10.9. The summed E-state index contributed by atoms with van der Waals surface area (Å²) in [6.07, 6.45) is 1.27. The summed E-state index contributed by atoms with van der Waals surface area (Å²) in [5.74, 6) is -0.566. The van der Waals surface area contributed by atoms with E-state index in [2.05, 4.69) is 0 Å². The van der Waals surface area contributed by atoms with Gasteiger partial charge in [0.25, 0.3) is 13.4 Å². The highest BCUT2D eigenvalue weighted by molar-refractivity contribution is 7.56. The van der Waals surface area contributed by atoms with Crippen molar-refractivity contribution in [3.8, 4) is 0 Å². The molecule has 0 fully saturated rings. The van der Waals surface area contributed by atoms with E-state index in [0.717, 1.165) is 16.7 Å². The maximum atomic E-state index is 13.8. The van der Waals surface area contributed by atoms with Crippen LogP contribution in [0.1, 0.15) is 23.6 Å². The lowest BCUT2D eigenvalue weighted by Crippen LogP contribution is -2.48. The average molecular weight is 388 g/mol. The lowest BCUT2D eigenvalue weighted by atomic mass is 9.95. The summed E-state index contributed by atoms with van der Waals surface area (Å²) in [6.45, 7) is 2.44. The Balaban J connectivity index is 1.90. The molecule has 6 nitrogen and oxygen atoms in total. The van der Waals surface area contributed by atoms with E-state index in [9.17, 15) is 14.6 Å².